The van der Waals surface area contributed by atoms with Crippen LogP contribution in [-0.2, 0) is 10.1 Å². The molecule has 1 aliphatic carbocycles. The highest BCUT2D eigenvalue weighted by atomic mass is 32.2. The van der Waals surface area contributed by atoms with Crippen molar-refractivity contribution in [1.29, 1.82) is 0 Å². The lowest BCUT2D eigenvalue weighted by Gasteiger charge is -2.18. The van der Waals surface area contributed by atoms with E-state index in [2.05, 4.69) is 5.32 Å². The molecule has 3 N–H and O–H groups in total. The van der Waals surface area contributed by atoms with E-state index in [4.69, 9.17) is 4.42 Å². The van der Waals surface area contributed by atoms with Gasteiger partial charge in [0, 0.05) is 39.9 Å². The summed E-state index contributed by atoms with van der Waals surface area (Å²) in [7, 11) is -4.63. The topological polar surface area (TPSA) is 134 Å². The molecule has 0 saturated heterocycles. The Kier molecular flexibility index (Phi) is 5.35. The predicted molar refractivity (Wildman–Crippen MR) is 130 cm³/mol. The van der Waals surface area contributed by atoms with E-state index in [1.165, 1.54) is 42.5 Å². The average Bonchev–Trinajstić information content (AvgIpc) is 2.82. The molecule has 1 heterocycles. The molecule has 174 valence electrons. The van der Waals surface area contributed by atoms with Crippen LogP contribution in [0.3, 0.4) is 0 Å². The van der Waals surface area contributed by atoms with Crippen molar-refractivity contribution in [1.82, 2.24) is 0 Å². The highest BCUT2D eigenvalue weighted by Gasteiger charge is 2.23. The fourth-order valence-electron chi connectivity index (χ4n) is 4.03. The molecule has 0 aromatic heterocycles. The van der Waals surface area contributed by atoms with Crippen LogP contribution in [0.1, 0.15) is 10.4 Å². The van der Waals surface area contributed by atoms with Gasteiger partial charge in [0.15, 0.2) is 5.43 Å². The molecule has 0 atom stereocenters. The quantitative estimate of drug-likeness (QED) is 0.246. The van der Waals surface area contributed by atoms with Crippen LogP contribution in [0.2, 0.25) is 0 Å². The lowest BCUT2D eigenvalue weighted by atomic mass is 9.92. The van der Waals surface area contributed by atoms with Crippen molar-refractivity contribution in [3.8, 4) is 28.2 Å². The third-order valence-corrected chi connectivity index (χ3v) is 6.44. The van der Waals surface area contributed by atoms with E-state index in [-0.39, 0.29) is 16.7 Å². The summed E-state index contributed by atoms with van der Waals surface area (Å²) in [6.07, 6.45) is 0. The number of anilines is 1. The third-order valence-electron chi connectivity index (χ3n) is 5.53. The Morgan fingerprint density at radius 3 is 2.40 bits per heavy atom. The minimum atomic E-state index is -4.63. The smallest absolute Gasteiger partial charge is 0.295 e. The molecular weight excluding hydrogens is 470 g/mol. The summed E-state index contributed by atoms with van der Waals surface area (Å²) < 4.78 is 38.9. The number of carbonyl (C=O) groups is 1. The first-order valence-corrected chi connectivity index (χ1v) is 11.8. The van der Waals surface area contributed by atoms with Crippen LogP contribution in [0, 0.1) is 0 Å². The zero-order valence-corrected chi connectivity index (χ0v) is 18.7. The summed E-state index contributed by atoms with van der Waals surface area (Å²) in [6, 6.07) is 21.2. The lowest BCUT2D eigenvalue weighted by Crippen LogP contribution is -2.16. The highest BCUT2D eigenvalue weighted by molar-refractivity contribution is 7.86. The van der Waals surface area contributed by atoms with Crippen LogP contribution >= 0.6 is 0 Å². The number of amides is 1. The van der Waals surface area contributed by atoms with Gasteiger partial charge in [0.05, 0.1) is 5.56 Å². The Bertz CT molecular complexity index is 1760. The standard InChI is InChI=1S/C26H17NO7S/c28-15-9-11-18-22(13-15)34-23-14-16(29)10-12-19(23)25(18)17-5-1-3-7-21(17)27-26(30)20-6-2-4-8-24(20)35(31,32)33/h1-14,28H,(H,27,30)(H,31,32,33). The molecule has 5 rings (SSSR count). The second-order valence-electron chi connectivity index (χ2n) is 7.79. The Morgan fingerprint density at radius 2 is 1.60 bits per heavy atom. The van der Waals surface area contributed by atoms with Crippen molar-refractivity contribution < 1.29 is 27.3 Å². The second-order valence-corrected chi connectivity index (χ2v) is 9.18. The monoisotopic (exact) mass is 487 g/mol. The van der Waals surface area contributed by atoms with Gasteiger partial charge in [0.25, 0.3) is 16.0 Å². The first-order valence-electron chi connectivity index (χ1n) is 10.4. The van der Waals surface area contributed by atoms with Gasteiger partial charge in [-0.3, -0.25) is 14.1 Å². The molecule has 0 fully saturated rings. The van der Waals surface area contributed by atoms with Gasteiger partial charge in [-0.2, -0.15) is 8.42 Å². The summed E-state index contributed by atoms with van der Waals surface area (Å²) >= 11 is 0. The van der Waals surface area contributed by atoms with Gasteiger partial charge in [-0.25, -0.2) is 0 Å². The number of hydrogen-bond acceptors (Lipinski definition) is 6. The van der Waals surface area contributed by atoms with E-state index in [0.717, 1.165) is 6.07 Å². The fraction of sp³-hybridized carbons (Fsp3) is 0. The molecule has 0 unspecified atom stereocenters. The van der Waals surface area contributed by atoms with Gasteiger partial charge in [0.2, 0.25) is 0 Å². The normalized spacial score (nSPS) is 11.6. The number of fused-ring (bicyclic) bond motifs is 2. The van der Waals surface area contributed by atoms with Crippen molar-refractivity contribution >= 4 is 32.7 Å². The Labute approximate surface area is 199 Å². The SMILES string of the molecule is O=C(Nc1ccccc1-c1c2ccc(=O)cc-2oc2cc(O)ccc12)c1ccccc1S(=O)(=O)O. The molecule has 0 radical (unpaired) electrons. The third kappa shape index (κ3) is 4.14. The number of phenolic OH excluding ortho intramolecular Hbond substituents is 1. The van der Waals surface area contributed by atoms with Crippen molar-refractivity contribution in [3.63, 3.8) is 0 Å². The minimum absolute atomic E-state index is 0.0202. The summed E-state index contributed by atoms with van der Waals surface area (Å²) in [4.78, 5) is 24.6. The van der Waals surface area contributed by atoms with Crippen LogP contribution < -0.4 is 10.7 Å². The van der Waals surface area contributed by atoms with E-state index < -0.39 is 20.9 Å². The van der Waals surface area contributed by atoms with Crippen LogP contribution in [0.15, 0.2) is 99.0 Å². The number of hydrogen-bond donors (Lipinski definition) is 3. The van der Waals surface area contributed by atoms with Crippen LogP contribution in [-0.4, -0.2) is 24.0 Å². The average molecular weight is 487 g/mol. The summed E-state index contributed by atoms with van der Waals surface area (Å²) in [5, 5.41) is 13.3. The molecule has 0 saturated carbocycles. The Balaban J connectivity index is 1.71. The number of nitrogens with one attached hydrogen (secondary N) is 1. The molecule has 3 aromatic carbocycles. The van der Waals surface area contributed by atoms with E-state index in [1.54, 1.807) is 36.4 Å². The van der Waals surface area contributed by atoms with Gasteiger partial charge in [-0.15, -0.1) is 0 Å². The van der Waals surface area contributed by atoms with Gasteiger partial charge < -0.3 is 14.8 Å². The molecule has 9 heteroatoms. The van der Waals surface area contributed by atoms with E-state index >= 15 is 0 Å². The largest absolute Gasteiger partial charge is 0.508 e. The maximum atomic E-state index is 13.1. The van der Waals surface area contributed by atoms with Gasteiger partial charge >= 0.3 is 0 Å². The molecule has 2 aliphatic rings. The fourth-order valence-corrected chi connectivity index (χ4v) is 4.72. The number of carbonyl (C=O) groups excluding carboxylic acids is 1. The molecule has 1 aliphatic heterocycles. The summed E-state index contributed by atoms with van der Waals surface area (Å²) in [6.45, 7) is 0. The summed E-state index contributed by atoms with van der Waals surface area (Å²) in [5.74, 6) is -0.462. The number of phenols is 1. The van der Waals surface area contributed by atoms with Gasteiger partial charge in [-0.05, 0) is 42.5 Å². The van der Waals surface area contributed by atoms with E-state index in [9.17, 15) is 27.7 Å². The zero-order valence-electron chi connectivity index (χ0n) is 17.9. The zero-order chi connectivity index (χ0) is 24.7. The van der Waals surface area contributed by atoms with Gasteiger partial charge in [-0.1, -0.05) is 30.3 Å². The Morgan fingerprint density at radius 1 is 0.857 bits per heavy atom. The lowest BCUT2D eigenvalue weighted by molar-refractivity contribution is 0.102. The molecule has 35 heavy (non-hydrogen) atoms. The van der Waals surface area contributed by atoms with Crippen molar-refractivity contribution in [2.45, 2.75) is 4.90 Å². The minimum Gasteiger partial charge on any atom is -0.508 e. The summed E-state index contributed by atoms with van der Waals surface area (Å²) in [5.41, 5.74) is 2.02. The first kappa shape index (κ1) is 22.3. The van der Waals surface area contributed by atoms with Crippen molar-refractivity contribution in [3.05, 3.63) is 101 Å². The molecule has 3 aromatic rings. The molecular formula is C26H17NO7S. The van der Waals surface area contributed by atoms with E-state index in [1.807, 2.05) is 0 Å². The molecule has 8 nitrogen and oxygen atoms in total. The predicted octanol–water partition coefficient (Wildman–Crippen LogP) is 4.77. The van der Waals surface area contributed by atoms with Crippen molar-refractivity contribution in [2.75, 3.05) is 5.32 Å². The number of benzene rings is 4. The maximum absolute atomic E-state index is 13.1. The van der Waals surface area contributed by atoms with Crippen LogP contribution in [0.25, 0.3) is 33.4 Å². The second kappa shape index (κ2) is 8.39. The highest BCUT2D eigenvalue weighted by Crippen LogP contribution is 2.43. The van der Waals surface area contributed by atoms with Gasteiger partial charge in [0.1, 0.15) is 22.0 Å². The van der Waals surface area contributed by atoms with Crippen LogP contribution in [0.4, 0.5) is 5.69 Å². The molecule has 1 amide bonds. The van der Waals surface area contributed by atoms with E-state index in [0.29, 0.717) is 39.1 Å². The molecule has 0 bridgehead atoms. The van der Waals surface area contributed by atoms with Crippen LogP contribution in [0.5, 0.6) is 5.75 Å². The first-order chi connectivity index (χ1) is 16.7. The number of aromatic hydroxyl groups is 1. The molecule has 0 spiro atoms. The van der Waals surface area contributed by atoms with Crippen molar-refractivity contribution in [2.24, 2.45) is 0 Å². The number of para-hydroxylation sites is 1. The Hall–Kier alpha value is -4.47. The number of rotatable bonds is 4. The maximum Gasteiger partial charge on any atom is 0.295 e.